The smallest absolute Gasteiger partial charge is 0.412 e. The van der Waals surface area contributed by atoms with Gasteiger partial charge in [0.15, 0.2) is 0 Å². The van der Waals surface area contributed by atoms with Crippen molar-refractivity contribution >= 4 is 50.4 Å². The van der Waals surface area contributed by atoms with E-state index in [0.717, 1.165) is 16.7 Å². The van der Waals surface area contributed by atoms with E-state index in [1.807, 2.05) is 31.2 Å². The molecule has 0 atom stereocenters. The van der Waals surface area contributed by atoms with E-state index in [1.54, 1.807) is 45.2 Å². The Morgan fingerprint density at radius 2 is 1.91 bits per heavy atom. The number of hydrogen-bond acceptors (Lipinski definition) is 8. The number of aliphatic hydroxyl groups excluding tert-OH is 1. The molecule has 2 aromatic carbocycles. The number of sulfone groups is 1. The lowest BCUT2D eigenvalue weighted by Crippen LogP contribution is -2.31. The Bertz CT molecular complexity index is 1360. The Hall–Kier alpha value is -2.66. The van der Waals surface area contributed by atoms with E-state index in [0.29, 0.717) is 14.8 Å². The van der Waals surface area contributed by atoms with Crippen molar-refractivity contribution in [2.75, 3.05) is 6.26 Å². The van der Waals surface area contributed by atoms with Crippen molar-refractivity contribution in [1.82, 2.24) is 5.32 Å². The van der Waals surface area contributed by atoms with Gasteiger partial charge in [-0.3, -0.25) is 5.32 Å². The maximum Gasteiger partial charge on any atom is 0.412 e. The van der Waals surface area contributed by atoms with Crippen LogP contribution in [-0.2, 0) is 21.2 Å². The van der Waals surface area contributed by atoms with E-state index in [2.05, 4.69) is 10.3 Å². The number of thioether (sulfide) groups is 1. The minimum Gasteiger partial charge on any atom is -0.444 e. The Labute approximate surface area is 214 Å². The normalized spacial score (nSPS) is 12.2. The number of benzene rings is 2. The molecule has 0 saturated heterocycles. The van der Waals surface area contributed by atoms with E-state index in [-0.39, 0.29) is 16.4 Å². The second kappa shape index (κ2) is 10.9. The van der Waals surface area contributed by atoms with Gasteiger partial charge in [0.2, 0.25) is 9.84 Å². The van der Waals surface area contributed by atoms with Crippen molar-refractivity contribution in [3.8, 4) is 11.1 Å². The molecule has 0 aliphatic rings. The molecule has 1 amide bonds. The maximum atomic E-state index is 13.6. The van der Waals surface area contributed by atoms with Gasteiger partial charge in [-0.15, -0.1) is 23.1 Å². The number of ether oxygens (including phenoxy) is 1. The first-order valence-electron chi connectivity index (χ1n) is 10.7. The van der Waals surface area contributed by atoms with Crippen molar-refractivity contribution in [3.63, 3.8) is 0 Å². The van der Waals surface area contributed by atoms with Crippen LogP contribution in [0.25, 0.3) is 11.1 Å². The van der Waals surface area contributed by atoms with Crippen LogP contribution < -0.4 is 5.32 Å². The van der Waals surface area contributed by atoms with Crippen molar-refractivity contribution in [2.24, 2.45) is 4.99 Å². The molecule has 10 heteroatoms. The molecule has 0 unspecified atom stereocenters. The van der Waals surface area contributed by atoms with Gasteiger partial charge in [-0.2, -0.15) is 0 Å². The number of carbonyl (C=O) groups excluding carboxylic acids is 1. The molecular weight excluding hydrogens is 504 g/mol. The van der Waals surface area contributed by atoms with Gasteiger partial charge < -0.3 is 9.84 Å². The van der Waals surface area contributed by atoms with Gasteiger partial charge in [-0.05, 0) is 74.4 Å². The second-order valence-electron chi connectivity index (χ2n) is 8.64. The molecule has 0 fully saturated rings. The average molecular weight is 533 g/mol. The fourth-order valence-corrected chi connectivity index (χ4v) is 7.28. The molecule has 2 N–H and O–H groups in total. The van der Waals surface area contributed by atoms with Gasteiger partial charge in [0, 0.05) is 0 Å². The van der Waals surface area contributed by atoms with E-state index in [9.17, 15) is 18.3 Å². The highest BCUT2D eigenvalue weighted by molar-refractivity contribution is 8.01. The second-order valence-corrected chi connectivity index (χ2v) is 12.7. The predicted octanol–water partition coefficient (Wildman–Crippen LogP) is 5.96. The molecule has 186 valence electrons. The summed E-state index contributed by atoms with van der Waals surface area (Å²) < 4.78 is 32.9. The first kappa shape index (κ1) is 26.9. The summed E-state index contributed by atoms with van der Waals surface area (Å²) in [5, 5.41) is 12.6. The number of rotatable bonds is 7. The van der Waals surface area contributed by atoms with Crippen molar-refractivity contribution in [3.05, 3.63) is 59.7 Å². The van der Waals surface area contributed by atoms with E-state index >= 15 is 0 Å². The van der Waals surface area contributed by atoms with Gasteiger partial charge >= 0.3 is 6.09 Å². The minimum atomic E-state index is -3.85. The quantitative estimate of drug-likeness (QED) is 0.221. The standard InChI is InChI=1S/C25H28N2O5S3/c1-16-8-6-10-18(14-28)22(16)17-9-7-11-19(12-17)35(30,31)20-13-21(34-23(20)33-5)26-15-27-24(29)32-25(2,3)4/h6-13,15,28H,14H2,1-5H3,(H,26,27,29). The van der Waals surface area contributed by atoms with Crippen LogP contribution >= 0.6 is 23.1 Å². The molecule has 0 radical (unpaired) electrons. The van der Waals surface area contributed by atoms with Crippen LogP contribution in [0, 0.1) is 6.92 Å². The molecule has 0 aliphatic heterocycles. The predicted molar refractivity (Wildman–Crippen MR) is 142 cm³/mol. The summed E-state index contributed by atoms with van der Waals surface area (Å²) in [6.45, 7) is 7.04. The molecule has 0 aliphatic carbocycles. The van der Waals surface area contributed by atoms with Gasteiger partial charge in [0.25, 0.3) is 0 Å². The first-order chi connectivity index (χ1) is 16.5. The largest absolute Gasteiger partial charge is 0.444 e. The van der Waals surface area contributed by atoms with Crippen LogP contribution in [0.1, 0.15) is 31.9 Å². The number of hydrogen-bond donors (Lipinski definition) is 2. The highest BCUT2D eigenvalue weighted by Crippen LogP contribution is 2.41. The lowest BCUT2D eigenvalue weighted by molar-refractivity contribution is 0.0565. The van der Waals surface area contributed by atoms with Gasteiger partial charge in [0.1, 0.15) is 10.6 Å². The number of alkyl carbamates (subject to hydrolysis) is 1. The minimum absolute atomic E-state index is 0.145. The Morgan fingerprint density at radius 1 is 1.20 bits per heavy atom. The molecular formula is C25H28N2O5S3. The third-order valence-electron chi connectivity index (χ3n) is 4.86. The summed E-state index contributed by atoms with van der Waals surface area (Å²) in [6, 6.07) is 13.8. The number of aryl methyl sites for hydroxylation is 1. The summed E-state index contributed by atoms with van der Waals surface area (Å²) in [7, 11) is -3.85. The summed E-state index contributed by atoms with van der Waals surface area (Å²) in [6.07, 6.45) is 2.34. The Balaban J connectivity index is 1.94. The summed E-state index contributed by atoms with van der Waals surface area (Å²) in [4.78, 5) is 16.3. The topological polar surface area (TPSA) is 105 Å². The zero-order valence-electron chi connectivity index (χ0n) is 20.2. The van der Waals surface area contributed by atoms with Crippen LogP contribution in [0.4, 0.5) is 9.80 Å². The fourth-order valence-electron chi connectivity index (χ4n) is 3.41. The van der Waals surface area contributed by atoms with Crippen LogP contribution in [0.2, 0.25) is 0 Å². The lowest BCUT2D eigenvalue weighted by Gasteiger charge is -2.18. The highest BCUT2D eigenvalue weighted by Gasteiger charge is 2.25. The third kappa shape index (κ3) is 6.52. The number of amides is 1. The van der Waals surface area contributed by atoms with Crippen LogP contribution in [0.3, 0.4) is 0 Å². The highest BCUT2D eigenvalue weighted by atomic mass is 32.2. The number of aliphatic hydroxyl groups is 1. The zero-order valence-corrected chi connectivity index (χ0v) is 22.6. The monoisotopic (exact) mass is 532 g/mol. The zero-order chi connectivity index (χ0) is 25.8. The molecule has 35 heavy (non-hydrogen) atoms. The number of nitrogens with zero attached hydrogens (tertiary/aromatic N) is 1. The maximum absolute atomic E-state index is 13.6. The molecule has 0 saturated carbocycles. The molecule has 3 rings (SSSR count). The Morgan fingerprint density at radius 3 is 2.57 bits per heavy atom. The molecule has 0 spiro atoms. The summed E-state index contributed by atoms with van der Waals surface area (Å²) >= 11 is 2.53. The first-order valence-corrected chi connectivity index (χ1v) is 14.2. The summed E-state index contributed by atoms with van der Waals surface area (Å²) in [5.74, 6) is 0. The van der Waals surface area contributed by atoms with Crippen LogP contribution in [0.5, 0.6) is 0 Å². The van der Waals surface area contributed by atoms with Gasteiger partial charge in [-0.25, -0.2) is 18.2 Å². The summed E-state index contributed by atoms with van der Waals surface area (Å²) in [5.41, 5.74) is 2.57. The van der Waals surface area contributed by atoms with E-state index in [4.69, 9.17) is 4.74 Å². The number of carbonyl (C=O) groups is 1. The third-order valence-corrected chi connectivity index (χ3v) is 9.08. The number of aliphatic imine (C=N–C) groups is 1. The molecule has 1 aromatic heterocycles. The molecule has 0 bridgehead atoms. The number of nitrogens with one attached hydrogen (secondary N) is 1. The Kier molecular flexibility index (Phi) is 8.42. The van der Waals surface area contributed by atoms with E-state index < -0.39 is 21.5 Å². The SMILES string of the molecule is CSc1sc(N=CNC(=O)OC(C)(C)C)cc1S(=O)(=O)c1cccc(-c2c(C)cccc2CO)c1. The van der Waals surface area contributed by atoms with Crippen LogP contribution in [0.15, 0.2) is 67.5 Å². The van der Waals surface area contributed by atoms with Crippen molar-refractivity contribution in [1.29, 1.82) is 0 Å². The molecule has 3 aromatic rings. The number of thiophene rings is 1. The van der Waals surface area contributed by atoms with Crippen LogP contribution in [-0.4, -0.2) is 37.8 Å². The van der Waals surface area contributed by atoms with Gasteiger partial charge in [0.05, 0.1) is 26.9 Å². The average Bonchev–Trinajstić information content (AvgIpc) is 3.22. The van der Waals surface area contributed by atoms with Crippen molar-refractivity contribution in [2.45, 2.75) is 53.9 Å². The molecule has 1 heterocycles. The van der Waals surface area contributed by atoms with Gasteiger partial charge in [-0.1, -0.05) is 30.3 Å². The van der Waals surface area contributed by atoms with Crippen molar-refractivity contribution < 1.29 is 23.1 Å². The lowest BCUT2D eigenvalue weighted by atomic mass is 9.95. The molecule has 7 nitrogen and oxygen atoms in total. The fraction of sp³-hybridized carbons (Fsp3) is 0.280. The van der Waals surface area contributed by atoms with E-state index in [1.165, 1.54) is 35.5 Å².